The number of aryl methyl sites for hydroxylation is 1. The maximum atomic E-state index is 13.5. The lowest BCUT2D eigenvalue weighted by Crippen LogP contribution is -2.52. The molecule has 2 saturated heterocycles. The summed E-state index contributed by atoms with van der Waals surface area (Å²) in [6.45, 7) is 6.03. The van der Waals surface area contributed by atoms with Crippen molar-refractivity contribution in [2.75, 3.05) is 52.5 Å². The van der Waals surface area contributed by atoms with Gasteiger partial charge in [-0.05, 0) is 61.4 Å². The van der Waals surface area contributed by atoms with Gasteiger partial charge in [-0.3, -0.25) is 14.4 Å². The predicted molar refractivity (Wildman–Crippen MR) is 181 cm³/mol. The molecule has 0 spiro atoms. The molecule has 12 heteroatoms. The average molecular weight is 655 g/mol. The van der Waals surface area contributed by atoms with Gasteiger partial charge in [0, 0.05) is 55.4 Å². The highest BCUT2D eigenvalue weighted by atomic mass is 16.6. The van der Waals surface area contributed by atoms with Gasteiger partial charge in [-0.25, -0.2) is 9.78 Å². The van der Waals surface area contributed by atoms with E-state index in [1.165, 1.54) is 6.07 Å². The van der Waals surface area contributed by atoms with Crippen molar-refractivity contribution >= 4 is 45.6 Å². The van der Waals surface area contributed by atoms with Crippen LogP contribution >= 0.6 is 0 Å². The number of unbranched alkanes of at least 4 members (excludes halogenated alkanes) is 1. The first kappa shape index (κ1) is 32.8. The van der Waals surface area contributed by atoms with Crippen LogP contribution in [0.15, 0.2) is 54.6 Å². The summed E-state index contributed by atoms with van der Waals surface area (Å²) >= 11 is 0. The first-order valence-electron chi connectivity index (χ1n) is 16.7. The Morgan fingerprint density at radius 1 is 0.958 bits per heavy atom. The summed E-state index contributed by atoms with van der Waals surface area (Å²) in [6.07, 6.45) is 3.15. The van der Waals surface area contributed by atoms with Gasteiger partial charge in [-0.15, -0.1) is 0 Å². The van der Waals surface area contributed by atoms with Gasteiger partial charge >= 0.3 is 6.09 Å². The van der Waals surface area contributed by atoms with Crippen LogP contribution in [0.3, 0.4) is 0 Å². The number of nitrogens with zero attached hydrogens (tertiary/aromatic N) is 4. The number of H-pyrrole nitrogens is 1. The Hall–Kier alpha value is -5.13. The maximum Gasteiger partial charge on any atom is 0.409 e. The second-order valence-corrected chi connectivity index (χ2v) is 12.4. The number of piperazine rings is 1. The minimum absolute atomic E-state index is 0.0631. The largest absolute Gasteiger partial charge is 0.483 e. The smallest absolute Gasteiger partial charge is 0.409 e. The molecular weight excluding hydrogens is 612 g/mol. The van der Waals surface area contributed by atoms with Crippen molar-refractivity contribution < 1.29 is 28.7 Å². The fourth-order valence-electron chi connectivity index (χ4n) is 6.32. The fourth-order valence-corrected chi connectivity index (χ4v) is 6.32. The maximum absolute atomic E-state index is 13.5. The van der Waals surface area contributed by atoms with Gasteiger partial charge in [0.05, 0.1) is 24.7 Å². The number of para-hydroxylation sites is 1. The molecule has 2 aromatic heterocycles. The van der Waals surface area contributed by atoms with E-state index in [4.69, 9.17) is 9.47 Å². The number of carbonyl (C=O) groups is 4. The minimum Gasteiger partial charge on any atom is -0.483 e. The molecule has 4 amide bonds. The van der Waals surface area contributed by atoms with Crippen molar-refractivity contribution in [3.63, 3.8) is 0 Å². The highest BCUT2D eigenvalue weighted by molar-refractivity contribution is 5.98. The molecule has 6 rings (SSSR count). The normalized spacial score (nSPS) is 16.4. The Bertz CT molecular complexity index is 1780. The van der Waals surface area contributed by atoms with E-state index >= 15 is 0 Å². The first-order valence-corrected chi connectivity index (χ1v) is 16.7. The second-order valence-electron chi connectivity index (χ2n) is 12.4. The van der Waals surface area contributed by atoms with Crippen molar-refractivity contribution in [2.45, 2.75) is 45.6 Å². The molecule has 0 saturated carbocycles. The molecule has 2 N–H and O–H groups in total. The number of amides is 4. The number of carbonyl (C=O) groups excluding carboxylic acids is 4. The molecule has 4 aromatic rings. The Kier molecular flexibility index (Phi) is 10.1. The Labute approximate surface area is 279 Å². The average Bonchev–Trinajstić information content (AvgIpc) is 3.77. The molecule has 252 valence electrons. The lowest BCUT2D eigenvalue weighted by Gasteiger charge is -2.34. The standard InChI is InChI=1S/C36H42N6O6/c1-3-4-18-47-36(46)41-16-14-40(15-17-41)33(43)22-37-35(45)30-21-32(26-12-11-24(2)19-28(26)39-30)48-23-34(44)42-13-7-10-31(42)29-20-25-8-5-6-9-27(25)38-29/h5-6,8-9,11-12,19-21,31,38H,3-4,7,10,13-18,22-23H2,1-2H3,(H,37,45). The Morgan fingerprint density at radius 3 is 2.54 bits per heavy atom. The van der Waals surface area contributed by atoms with Crippen molar-refractivity contribution in [1.29, 1.82) is 0 Å². The van der Waals surface area contributed by atoms with E-state index in [9.17, 15) is 19.2 Å². The summed E-state index contributed by atoms with van der Waals surface area (Å²) in [5.41, 5.74) is 3.63. The van der Waals surface area contributed by atoms with E-state index < -0.39 is 5.91 Å². The third-order valence-corrected chi connectivity index (χ3v) is 9.01. The third-order valence-electron chi connectivity index (χ3n) is 9.01. The summed E-state index contributed by atoms with van der Waals surface area (Å²) in [5.74, 6) is -0.553. The lowest BCUT2D eigenvalue weighted by atomic mass is 10.1. The number of aromatic nitrogens is 2. The number of aromatic amines is 1. The van der Waals surface area contributed by atoms with Crippen molar-refractivity contribution in [1.82, 2.24) is 30.0 Å². The summed E-state index contributed by atoms with van der Waals surface area (Å²) in [7, 11) is 0. The number of nitrogens with one attached hydrogen (secondary N) is 2. The Balaban J connectivity index is 1.08. The summed E-state index contributed by atoms with van der Waals surface area (Å²) < 4.78 is 11.4. The number of fused-ring (bicyclic) bond motifs is 2. The zero-order valence-corrected chi connectivity index (χ0v) is 27.5. The molecule has 1 unspecified atom stereocenters. The van der Waals surface area contributed by atoms with E-state index in [1.54, 1.807) is 9.80 Å². The molecule has 2 aliphatic heterocycles. The molecule has 4 heterocycles. The van der Waals surface area contributed by atoms with Gasteiger partial charge in [0.2, 0.25) is 5.91 Å². The number of likely N-dealkylation sites (tertiary alicyclic amines) is 1. The van der Waals surface area contributed by atoms with Crippen molar-refractivity contribution in [2.24, 2.45) is 0 Å². The first-order chi connectivity index (χ1) is 23.3. The number of pyridine rings is 1. The van der Waals surface area contributed by atoms with Gasteiger partial charge in [-0.2, -0.15) is 0 Å². The van der Waals surface area contributed by atoms with Crippen LogP contribution in [0.25, 0.3) is 21.8 Å². The number of hydrogen-bond acceptors (Lipinski definition) is 7. The topological polar surface area (TPSA) is 137 Å². The molecular formula is C36H42N6O6. The number of ether oxygens (including phenoxy) is 2. The van der Waals surface area contributed by atoms with E-state index in [-0.39, 0.29) is 42.8 Å². The summed E-state index contributed by atoms with van der Waals surface area (Å²) in [6, 6.07) is 17.3. The highest BCUT2D eigenvalue weighted by Gasteiger charge is 2.31. The van der Waals surface area contributed by atoms with Crippen molar-refractivity contribution in [3.05, 3.63) is 71.5 Å². The molecule has 0 bridgehead atoms. The van der Waals surface area contributed by atoms with Gasteiger partial charge in [0.25, 0.3) is 11.8 Å². The zero-order chi connectivity index (χ0) is 33.6. The van der Waals surface area contributed by atoms with Crippen LogP contribution in [0.5, 0.6) is 5.75 Å². The fraction of sp³-hybridized carbons (Fsp3) is 0.417. The number of rotatable bonds is 10. The van der Waals surface area contributed by atoms with Gasteiger partial charge in [-0.1, -0.05) is 37.6 Å². The lowest BCUT2D eigenvalue weighted by molar-refractivity contribution is -0.134. The second kappa shape index (κ2) is 14.7. The van der Waals surface area contributed by atoms with Crippen LogP contribution in [-0.2, 0) is 14.3 Å². The molecule has 0 aliphatic carbocycles. The Morgan fingerprint density at radius 2 is 1.75 bits per heavy atom. The molecule has 48 heavy (non-hydrogen) atoms. The van der Waals surface area contributed by atoms with Gasteiger partial charge in [0.1, 0.15) is 11.4 Å². The molecule has 2 fully saturated rings. The van der Waals surface area contributed by atoms with E-state index in [0.29, 0.717) is 56.0 Å². The van der Waals surface area contributed by atoms with Crippen LogP contribution < -0.4 is 10.1 Å². The number of benzene rings is 2. The van der Waals surface area contributed by atoms with Crippen LogP contribution in [0.4, 0.5) is 4.79 Å². The quantitative estimate of drug-likeness (QED) is 0.239. The van der Waals surface area contributed by atoms with Crippen LogP contribution in [0, 0.1) is 6.92 Å². The van der Waals surface area contributed by atoms with Crippen LogP contribution in [-0.4, -0.2) is 101 Å². The molecule has 2 aromatic carbocycles. The van der Waals surface area contributed by atoms with E-state index in [2.05, 4.69) is 27.4 Å². The van der Waals surface area contributed by atoms with Crippen molar-refractivity contribution in [3.8, 4) is 5.75 Å². The van der Waals surface area contributed by atoms with Gasteiger partial charge < -0.3 is 34.5 Å². The molecule has 0 radical (unpaired) electrons. The SMILES string of the molecule is CCCCOC(=O)N1CCN(C(=O)CNC(=O)c2cc(OCC(=O)N3CCCC3c3cc4ccccc4[nH]3)c3ccc(C)cc3n2)CC1. The summed E-state index contributed by atoms with van der Waals surface area (Å²) in [5, 5.41) is 4.47. The number of hydrogen-bond donors (Lipinski definition) is 2. The highest BCUT2D eigenvalue weighted by Crippen LogP contribution is 2.34. The van der Waals surface area contributed by atoms with E-state index in [0.717, 1.165) is 47.8 Å². The molecule has 12 nitrogen and oxygen atoms in total. The monoisotopic (exact) mass is 654 g/mol. The zero-order valence-electron chi connectivity index (χ0n) is 27.5. The minimum atomic E-state index is -0.528. The third kappa shape index (κ3) is 7.37. The molecule has 1 atom stereocenters. The summed E-state index contributed by atoms with van der Waals surface area (Å²) in [4.78, 5) is 65.0. The predicted octanol–water partition coefficient (Wildman–Crippen LogP) is 4.58. The van der Waals surface area contributed by atoms with Crippen LogP contribution in [0.2, 0.25) is 0 Å². The van der Waals surface area contributed by atoms with Gasteiger partial charge in [0.15, 0.2) is 6.61 Å². The molecule has 2 aliphatic rings. The van der Waals surface area contributed by atoms with Crippen LogP contribution in [0.1, 0.15) is 60.4 Å². The van der Waals surface area contributed by atoms with E-state index in [1.807, 2.05) is 55.1 Å².